The van der Waals surface area contributed by atoms with E-state index in [9.17, 15) is 9.18 Å². The zero-order chi connectivity index (χ0) is 17.1. The molecule has 0 saturated heterocycles. The molecule has 0 aliphatic heterocycles. The van der Waals surface area contributed by atoms with Crippen LogP contribution in [0, 0.1) is 17.7 Å². The lowest BCUT2D eigenvalue weighted by molar-refractivity contribution is -0.0810. The first-order valence-corrected chi connectivity index (χ1v) is 8.73. The van der Waals surface area contributed by atoms with Gasteiger partial charge in [-0.2, -0.15) is 4.80 Å². The van der Waals surface area contributed by atoms with Gasteiger partial charge in [-0.15, -0.1) is 10.2 Å². The zero-order valence-corrected chi connectivity index (χ0v) is 13.7. The molecule has 25 heavy (non-hydrogen) atoms. The van der Waals surface area contributed by atoms with Gasteiger partial charge in [-0.1, -0.05) is 0 Å². The van der Waals surface area contributed by atoms with E-state index in [4.69, 9.17) is 0 Å². The molecule has 6 rings (SSSR count). The minimum absolute atomic E-state index is 0.159. The second-order valence-corrected chi connectivity index (χ2v) is 8.04. The summed E-state index contributed by atoms with van der Waals surface area (Å²) >= 11 is 0. The zero-order valence-electron chi connectivity index (χ0n) is 13.7. The Bertz CT molecular complexity index is 808. The van der Waals surface area contributed by atoms with Crippen LogP contribution in [-0.2, 0) is 5.54 Å². The first-order chi connectivity index (χ1) is 12.1. The normalized spacial score (nSPS) is 35.7. The molecule has 130 valence electrons. The van der Waals surface area contributed by atoms with Gasteiger partial charge in [-0.3, -0.25) is 9.78 Å². The van der Waals surface area contributed by atoms with Crippen LogP contribution in [0.25, 0.3) is 0 Å². The summed E-state index contributed by atoms with van der Waals surface area (Å²) in [5, 5.41) is 15.6. The first-order valence-electron chi connectivity index (χ1n) is 8.73. The Kier molecular flexibility index (Phi) is 3.02. The minimum atomic E-state index is -0.499. The maximum Gasteiger partial charge on any atom is 0.253 e. The first kappa shape index (κ1) is 14.9. The van der Waals surface area contributed by atoms with Crippen molar-refractivity contribution in [2.24, 2.45) is 11.8 Å². The monoisotopic (exact) mass is 342 g/mol. The molecule has 1 amide bonds. The SMILES string of the molecule is O=C(NC12CC3CC(C1)CC(n1ncnn1)(C3)C2)c1cncc(F)c1. The summed E-state index contributed by atoms with van der Waals surface area (Å²) in [6.45, 7) is 0. The summed E-state index contributed by atoms with van der Waals surface area (Å²) in [7, 11) is 0. The van der Waals surface area contributed by atoms with Crippen LogP contribution in [0.1, 0.15) is 48.9 Å². The predicted octanol–water partition coefficient (Wildman–Crippen LogP) is 1.69. The van der Waals surface area contributed by atoms with Crippen molar-refractivity contribution < 1.29 is 9.18 Å². The van der Waals surface area contributed by atoms with Crippen molar-refractivity contribution in [3.63, 3.8) is 0 Å². The summed E-state index contributed by atoms with van der Waals surface area (Å²) in [4.78, 5) is 18.2. The standard InChI is InChI=1S/C17H19FN6O/c18-14-2-13(7-19-8-14)15(25)22-16-3-11-1-12(4-16)6-17(5-11,9-16)24-21-10-20-23-24/h2,7-8,10-12H,1,3-6,9H2,(H,22,25). The number of tetrazole rings is 1. The summed E-state index contributed by atoms with van der Waals surface area (Å²) in [6.07, 6.45) is 10.0. The van der Waals surface area contributed by atoms with Gasteiger partial charge in [0.2, 0.25) is 0 Å². The van der Waals surface area contributed by atoms with Crippen LogP contribution in [-0.4, -0.2) is 36.6 Å². The van der Waals surface area contributed by atoms with Crippen LogP contribution >= 0.6 is 0 Å². The molecule has 0 aromatic carbocycles. The van der Waals surface area contributed by atoms with Crippen LogP contribution < -0.4 is 5.32 Å². The summed E-state index contributed by atoms with van der Waals surface area (Å²) in [6, 6.07) is 1.23. The molecular formula is C17H19FN6O. The van der Waals surface area contributed by atoms with Crippen LogP contribution in [0.2, 0.25) is 0 Å². The predicted molar refractivity (Wildman–Crippen MR) is 84.9 cm³/mol. The second kappa shape index (κ2) is 5.06. The quantitative estimate of drug-likeness (QED) is 0.917. The van der Waals surface area contributed by atoms with Crippen molar-refractivity contribution in [2.45, 2.75) is 49.6 Å². The van der Waals surface area contributed by atoms with Gasteiger partial charge in [0.1, 0.15) is 5.82 Å². The fourth-order valence-corrected chi connectivity index (χ4v) is 5.83. The molecule has 2 heterocycles. The third kappa shape index (κ3) is 2.34. The molecule has 0 spiro atoms. The van der Waals surface area contributed by atoms with E-state index in [0.29, 0.717) is 11.8 Å². The molecule has 2 aromatic rings. The van der Waals surface area contributed by atoms with Crippen molar-refractivity contribution in [3.05, 3.63) is 36.2 Å². The van der Waals surface area contributed by atoms with Crippen LogP contribution in [0.4, 0.5) is 4.39 Å². The van der Waals surface area contributed by atoms with E-state index in [-0.39, 0.29) is 22.5 Å². The number of carbonyl (C=O) groups is 1. The van der Waals surface area contributed by atoms with Gasteiger partial charge >= 0.3 is 0 Å². The molecule has 1 N–H and O–H groups in total. The Morgan fingerprint density at radius 3 is 2.72 bits per heavy atom. The van der Waals surface area contributed by atoms with Gasteiger partial charge in [-0.05, 0) is 61.6 Å². The Morgan fingerprint density at radius 1 is 1.24 bits per heavy atom. The molecule has 0 radical (unpaired) electrons. The van der Waals surface area contributed by atoms with Gasteiger partial charge in [0.15, 0.2) is 6.33 Å². The third-order valence-electron chi connectivity index (χ3n) is 6.15. The lowest BCUT2D eigenvalue weighted by Crippen LogP contribution is -2.66. The number of nitrogens with zero attached hydrogens (tertiary/aromatic N) is 5. The summed E-state index contributed by atoms with van der Waals surface area (Å²) in [5.74, 6) is 0.355. The van der Waals surface area contributed by atoms with E-state index in [0.717, 1.165) is 38.3 Å². The molecule has 4 aliphatic carbocycles. The number of carbonyl (C=O) groups excluding carboxylic acids is 1. The highest BCUT2D eigenvalue weighted by atomic mass is 19.1. The van der Waals surface area contributed by atoms with Gasteiger partial charge in [0.05, 0.1) is 17.3 Å². The van der Waals surface area contributed by atoms with Crippen molar-refractivity contribution in [1.29, 1.82) is 0 Å². The van der Waals surface area contributed by atoms with Crippen LogP contribution in [0.15, 0.2) is 24.8 Å². The number of rotatable bonds is 3. The number of hydrogen-bond acceptors (Lipinski definition) is 5. The molecule has 8 heteroatoms. The van der Waals surface area contributed by atoms with Gasteiger partial charge < -0.3 is 5.32 Å². The third-order valence-corrected chi connectivity index (χ3v) is 6.15. The Hall–Kier alpha value is -2.38. The topological polar surface area (TPSA) is 85.6 Å². The molecule has 7 nitrogen and oxygen atoms in total. The minimum Gasteiger partial charge on any atom is -0.346 e. The Labute approximate surface area is 144 Å². The Morgan fingerprint density at radius 2 is 2.04 bits per heavy atom. The number of hydrogen-bond donors (Lipinski definition) is 1. The van der Waals surface area contributed by atoms with Crippen molar-refractivity contribution >= 4 is 5.91 Å². The highest BCUT2D eigenvalue weighted by Gasteiger charge is 2.60. The molecule has 4 saturated carbocycles. The van der Waals surface area contributed by atoms with Gasteiger partial charge in [0.25, 0.3) is 5.91 Å². The largest absolute Gasteiger partial charge is 0.346 e. The fourth-order valence-electron chi connectivity index (χ4n) is 5.83. The second-order valence-electron chi connectivity index (χ2n) is 8.04. The number of amides is 1. The average molecular weight is 342 g/mol. The fraction of sp³-hybridized carbons (Fsp3) is 0.588. The van der Waals surface area contributed by atoms with Crippen LogP contribution in [0.3, 0.4) is 0 Å². The van der Waals surface area contributed by atoms with Crippen molar-refractivity contribution in [2.75, 3.05) is 0 Å². The van der Waals surface area contributed by atoms with E-state index < -0.39 is 5.82 Å². The lowest BCUT2D eigenvalue weighted by atomic mass is 9.50. The maximum atomic E-state index is 13.4. The molecule has 4 bridgehead atoms. The van der Waals surface area contributed by atoms with Crippen molar-refractivity contribution in [1.82, 2.24) is 30.5 Å². The van der Waals surface area contributed by atoms with E-state index in [1.54, 1.807) is 4.80 Å². The highest BCUT2D eigenvalue weighted by molar-refractivity contribution is 5.94. The lowest BCUT2D eigenvalue weighted by Gasteiger charge is -2.61. The van der Waals surface area contributed by atoms with Crippen molar-refractivity contribution in [3.8, 4) is 0 Å². The van der Waals surface area contributed by atoms with Gasteiger partial charge in [0, 0.05) is 11.7 Å². The van der Waals surface area contributed by atoms with E-state index in [1.807, 2.05) is 0 Å². The van der Waals surface area contributed by atoms with E-state index in [2.05, 4.69) is 25.7 Å². The molecule has 4 aliphatic rings. The molecule has 2 unspecified atom stereocenters. The van der Waals surface area contributed by atoms with Gasteiger partial charge in [-0.25, -0.2) is 4.39 Å². The number of nitrogens with one attached hydrogen (secondary N) is 1. The summed E-state index contributed by atoms with van der Waals surface area (Å²) in [5.41, 5.74) is -0.168. The van der Waals surface area contributed by atoms with E-state index >= 15 is 0 Å². The molecular weight excluding hydrogens is 323 g/mol. The maximum absolute atomic E-state index is 13.4. The number of halogens is 1. The van der Waals surface area contributed by atoms with E-state index in [1.165, 1.54) is 25.0 Å². The number of aromatic nitrogens is 5. The Balaban J connectivity index is 1.46. The molecule has 2 aromatic heterocycles. The van der Waals surface area contributed by atoms with Crippen LogP contribution in [0.5, 0.6) is 0 Å². The average Bonchev–Trinajstić information content (AvgIpc) is 3.08. The highest BCUT2D eigenvalue weighted by Crippen LogP contribution is 2.60. The molecule has 4 fully saturated rings. The smallest absolute Gasteiger partial charge is 0.253 e. The molecule has 2 atom stereocenters. The number of pyridine rings is 1. The summed E-state index contributed by atoms with van der Waals surface area (Å²) < 4.78 is 13.4.